The van der Waals surface area contributed by atoms with E-state index in [0.29, 0.717) is 22.5 Å². The van der Waals surface area contributed by atoms with E-state index in [1.54, 1.807) is 18.3 Å². The number of benzene rings is 1. The third-order valence-corrected chi connectivity index (χ3v) is 2.62. The summed E-state index contributed by atoms with van der Waals surface area (Å²) in [5, 5.41) is 0. The summed E-state index contributed by atoms with van der Waals surface area (Å²) in [6.07, 6.45) is 1.63. The quantitative estimate of drug-likeness (QED) is 0.790. The van der Waals surface area contributed by atoms with Gasteiger partial charge in [-0.3, -0.25) is 4.79 Å². The number of anilines is 1. The van der Waals surface area contributed by atoms with Crippen LogP contribution in [0.15, 0.2) is 43.1 Å². The maximum Gasteiger partial charge on any atom is 0.195 e. The Morgan fingerprint density at radius 3 is 2.53 bits per heavy atom. The van der Waals surface area contributed by atoms with Gasteiger partial charge in [0.25, 0.3) is 0 Å². The monoisotopic (exact) mass is 226 g/mol. The van der Waals surface area contributed by atoms with E-state index in [2.05, 4.69) is 11.6 Å². The van der Waals surface area contributed by atoms with Gasteiger partial charge >= 0.3 is 0 Å². The van der Waals surface area contributed by atoms with E-state index in [-0.39, 0.29) is 5.78 Å². The predicted molar refractivity (Wildman–Crippen MR) is 69.8 cm³/mol. The molecule has 0 aliphatic heterocycles. The maximum atomic E-state index is 12.3. The molecule has 2 aromatic rings. The fourth-order valence-electron chi connectivity index (χ4n) is 1.82. The molecule has 0 radical (unpaired) electrons. The first-order chi connectivity index (χ1) is 8.11. The van der Waals surface area contributed by atoms with Gasteiger partial charge in [0.05, 0.1) is 0 Å². The van der Waals surface area contributed by atoms with Crippen LogP contribution in [-0.4, -0.2) is 10.8 Å². The van der Waals surface area contributed by atoms with Crippen molar-refractivity contribution in [3.8, 4) is 0 Å². The lowest BCUT2D eigenvalue weighted by Gasteiger charge is -2.03. The van der Waals surface area contributed by atoms with Gasteiger partial charge in [0.15, 0.2) is 5.78 Å². The lowest BCUT2D eigenvalue weighted by molar-refractivity contribution is 0.103. The van der Waals surface area contributed by atoms with Crippen molar-refractivity contribution in [2.75, 3.05) is 5.73 Å². The molecule has 0 saturated carbocycles. The minimum atomic E-state index is -0.0449. The summed E-state index contributed by atoms with van der Waals surface area (Å²) in [6.45, 7) is 5.68. The van der Waals surface area contributed by atoms with Crippen LogP contribution < -0.4 is 5.73 Å². The van der Waals surface area contributed by atoms with Gasteiger partial charge in [-0.25, -0.2) is 0 Å². The zero-order valence-electron chi connectivity index (χ0n) is 9.66. The molecule has 0 spiro atoms. The SMILES string of the molecule is C=C(C)c1c(C(=O)c2ccccc2)c[nH]c1N. The van der Waals surface area contributed by atoms with Gasteiger partial charge in [0, 0.05) is 22.9 Å². The molecule has 0 unspecified atom stereocenters. The largest absolute Gasteiger partial charge is 0.385 e. The van der Waals surface area contributed by atoms with Crippen LogP contribution in [0.1, 0.15) is 28.4 Å². The van der Waals surface area contributed by atoms with E-state index < -0.39 is 0 Å². The summed E-state index contributed by atoms with van der Waals surface area (Å²) < 4.78 is 0. The summed E-state index contributed by atoms with van der Waals surface area (Å²) in [6, 6.07) is 9.12. The third kappa shape index (κ3) is 1.99. The molecule has 0 fully saturated rings. The number of nitrogens with two attached hydrogens (primary N) is 1. The van der Waals surface area contributed by atoms with Crippen molar-refractivity contribution < 1.29 is 4.79 Å². The van der Waals surface area contributed by atoms with Crippen LogP contribution >= 0.6 is 0 Å². The molecule has 1 heterocycles. The molecule has 3 heteroatoms. The minimum absolute atomic E-state index is 0.0449. The Balaban J connectivity index is 2.49. The molecule has 3 nitrogen and oxygen atoms in total. The molecule has 0 bridgehead atoms. The van der Waals surface area contributed by atoms with E-state index in [1.807, 2.05) is 25.1 Å². The van der Waals surface area contributed by atoms with Gasteiger partial charge in [0.1, 0.15) is 5.82 Å². The molecule has 2 rings (SSSR count). The van der Waals surface area contributed by atoms with Crippen molar-refractivity contribution in [3.05, 3.63) is 59.8 Å². The molecule has 0 atom stereocenters. The molecular formula is C14H14N2O. The number of hydrogen-bond acceptors (Lipinski definition) is 2. The van der Waals surface area contributed by atoms with E-state index in [4.69, 9.17) is 5.73 Å². The Bertz CT molecular complexity index is 567. The van der Waals surface area contributed by atoms with Gasteiger partial charge in [-0.15, -0.1) is 0 Å². The highest BCUT2D eigenvalue weighted by atomic mass is 16.1. The van der Waals surface area contributed by atoms with E-state index >= 15 is 0 Å². The van der Waals surface area contributed by atoms with Crippen LogP contribution in [0.2, 0.25) is 0 Å². The second kappa shape index (κ2) is 4.29. The standard InChI is InChI=1S/C14H14N2O/c1-9(2)12-11(8-16-14(12)15)13(17)10-6-4-3-5-7-10/h3-8,16H,1,15H2,2H3. The molecule has 0 saturated heterocycles. The van der Waals surface area contributed by atoms with Crippen molar-refractivity contribution in [1.82, 2.24) is 4.98 Å². The van der Waals surface area contributed by atoms with E-state index in [0.717, 1.165) is 5.57 Å². The lowest BCUT2D eigenvalue weighted by Crippen LogP contribution is -2.03. The predicted octanol–water partition coefficient (Wildman–Crippen LogP) is 2.86. The summed E-state index contributed by atoms with van der Waals surface area (Å²) >= 11 is 0. The molecule has 1 aromatic carbocycles. The first-order valence-corrected chi connectivity index (χ1v) is 5.33. The van der Waals surface area contributed by atoms with Crippen molar-refractivity contribution >= 4 is 17.2 Å². The summed E-state index contributed by atoms with van der Waals surface area (Å²) in [4.78, 5) is 15.1. The second-order valence-electron chi connectivity index (χ2n) is 3.97. The summed E-state index contributed by atoms with van der Waals surface area (Å²) in [5.74, 6) is 0.438. The number of hydrogen-bond donors (Lipinski definition) is 2. The molecule has 0 aliphatic rings. The number of rotatable bonds is 3. The van der Waals surface area contributed by atoms with Crippen LogP contribution in [0.4, 0.5) is 5.82 Å². The molecule has 1 aromatic heterocycles. The fraction of sp³-hybridized carbons (Fsp3) is 0.0714. The van der Waals surface area contributed by atoms with Crippen LogP contribution in [0.25, 0.3) is 5.57 Å². The lowest BCUT2D eigenvalue weighted by atomic mass is 9.99. The number of H-pyrrole nitrogens is 1. The highest BCUT2D eigenvalue weighted by Gasteiger charge is 2.17. The van der Waals surface area contributed by atoms with Gasteiger partial charge in [-0.1, -0.05) is 36.9 Å². The first-order valence-electron chi connectivity index (χ1n) is 5.33. The molecule has 86 valence electrons. The van der Waals surface area contributed by atoms with Crippen molar-refractivity contribution in [2.45, 2.75) is 6.92 Å². The Hall–Kier alpha value is -2.29. The molecule has 0 amide bonds. The van der Waals surface area contributed by atoms with Gasteiger partial charge in [-0.2, -0.15) is 0 Å². The van der Waals surface area contributed by atoms with E-state index in [1.165, 1.54) is 0 Å². The minimum Gasteiger partial charge on any atom is -0.385 e. The number of carbonyl (C=O) groups is 1. The summed E-state index contributed by atoms with van der Waals surface area (Å²) in [5.41, 5.74) is 8.50. The number of ketones is 1. The highest BCUT2D eigenvalue weighted by Crippen LogP contribution is 2.25. The average Bonchev–Trinajstić information content (AvgIpc) is 2.71. The smallest absolute Gasteiger partial charge is 0.195 e. The van der Waals surface area contributed by atoms with E-state index in [9.17, 15) is 4.79 Å². The topological polar surface area (TPSA) is 58.9 Å². The molecule has 17 heavy (non-hydrogen) atoms. The maximum absolute atomic E-state index is 12.3. The van der Waals surface area contributed by atoms with Gasteiger partial charge < -0.3 is 10.7 Å². The van der Waals surface area contributed by atoms with Crippen LogP contribution in [0.5, 0.6) is 0 Å². The number of carbonyl (C=O) groups excluding carboxylic acids is 1. The van der Waals surface area contributed by atoms with Gasteiger partial charge in [-0.05, 0) is 12.5 Å². The summed E-state index contributed by atoms with van der Waals surface area (Å²) in [7, 11) is 0. The fourth-order valence-corrected chi connectivity index (χ4v) is 1.82. The van der Waals surface area contributed by atoms with Crippen LogP contribution in [0, 0.1) is 0 Å². The molecule has 0 aliphatic carbocycles. The number of aromatic nitrogens is 1. The number of allylic oxidation sites excluding steroid dienone is 1. The normalized spacial score (nSPS) is 10.2. The first kappa shape index (κ1) is 11.2. The number of nitrogens with one attached hydrogen (secondary N) is 1. The van der Waals surface area contributed by atoms with Crippen molar-refractivity contribution in [3.63, 3.8) is 0 Å². The van der Waals surface area contributed by atoms with Crippen molar-refractivity contribution in [1.29, 1.82) is 0 Å². The molecular weight excluding hydrogens is 212 g/mol. The second-order valence-corrected chi connectivity index (χ2v) is 3.97. The van der Waals surface area contributed by atoms with Crippen molar-refractivity contribution in [2.24, 2.45) is 0 Å². The van der Waals surface area contributed by atoms with Crippen LogP contribution in [-0.2, 0) is 0 Å². The Labute approximate surface area is 100.0 Å². The van der Waals surface area contributed by atoms with Gasteiger partial charge in [0.2, 0.25) is 0 Å². The Kier molecular flexibility index (Phi) is 2.83. The molecule has 3 N–H and O–H groups in total. The zero-order valence-corrected chi connectivity index (χ0v) is 9.66. The Morgan fingerprint density at radius 2 is 1.94 bits per heavy atom. The number of aromatic amines is 1. The Morgan fingerprint density at radius 1 is 1.29 bits per heavy atom. The van der Waals surface area contributed by atoms with Crippen LogP contribution in [0.3, 0.4) is 0 Å². The number of nitrogen functional groups attached to an aromatic ring is 1. The third-order valence-electron chi connectivity index (χ3n) is 2.62. The average molecular weight is 226 g/mol. The zero-order chi connectivity index (χ0) is 12.4. The highest BCUT2D eigenvalue weighted by molar-refractivity contribution is 6.12.